The zero-order chi connectivity index (χ0) is 20.6. The SMILES string of the molecule is CN(CC12CC(C1)N(c1nccc(S(C)(=O)=O)n1)C2)C(=O)OCc1ccccc1. The Morgan fingerprint density at radius 2 is 2.00 bits per heavy atom. The number of rotatable bonds is 6. The molecule has 0 spiro atoms. The molecular formula is C20H24N4O4S. The molecule has 1 aliphatic carbocycles. The lowest BCUT2D eigenvalue weighted by Crippen LogP contribution is -2.44. The minimum atomic E-state index is -3.38. The van der Waals surface area contributed by atoms with Crippen LogP contribution in [0.1, 0.15) is 18.4 Å². The standard InChI is InChI=1S/C20H24N4O4S/c1-23(19(25)28-12-15-6-4-3-5-7-15)13-20-10-16(11-20)24(14-20)18-21-9-8-17(22-18)29(2,26)27/h3-9,16H,10-14H2,1-2H3. The van der Waals surface area contributed by atoms with E-state index in [1.165, 1.54) is 12.3 Å². The fourth-order valence-corrected chi connectivity index (χ4v) is 4.82. The van der Waals surface area contributed by atoms with Crippen LogP contribution in [0.5, 0.6) is 0 Å². The van der Waals surface area contributed by atoms with Gasteiger partial charge in [-0.3, -0.25) is 0 Å². The molecule has 3 aliphatic rings. The minimum absolute atomic E-state index is 0.0299. The first-order valence-corrected chi connectivity index (χ1v) is 11.4. The van der Waals surface area contributed by atoms with E-state index in [0.717, 1.165) is 24.7 Å². The number of hydrogen-bond acceptors (Lipinski definition) is 7. The number of benzene rings is 1. The lowest BCUT2D eigenvalue weighted by Gasteiger charge is -2.39. The lowest BCUT2D eigenvalue weighted by molar-refractivity contribution is 0.0747. The van der Waals surface area contributed by atoms with Crippen molar-refractivity contribution in [2.45, 2.75) is 30.5 Å². The van der Waals surface area contributed by atoms with Gasteiger partial charge in [0.05, 0.1) is 0 Å². The van der Waals surface area contributed by atoms with Gasteiger partial charge in [-0.25, -0.2) is 23.2 Å². The Balaban J connectivity index is 1.36. The Hall–Kier alpha value is -2.68. The lowest BCUT2D eigenvalue weighted by atomic mass is 9.70. The smallest absolute Gasteiger partial charge is 0.409 e. The Morgan fingerprint density at radius 1 is 1.28 bits per heavy atom. The minimum Gasteiger partial charge on any atom is -0.445 e. The second-order valence-electron chi connectivity index (χ2n) is 8.05. The predicted molar refractivity (Wildman–Crippen MR) is 107 cm³/mol. The van der Waals surface area contributed by atoms with Crippen LogP contribution >= 0.6 is 0 Å². The fraction of sp³-hybridized carbons (Fsp3) is 0.450. The van der Waals surface area contributed by atoms with E-state index in [0.29, 0.717) is 19.0 Å². The van der Waals surface area contributed by atoms with Crippen molar-refractivity contribution < 1.29 is 17.9 Å². The fourth-order valence-electron chi connectivity index (χ4n) is 4.27. The largest absolute Gasteiger partial charge is 0.445 e. The Bertz CT molecular complexity index is 1010. The molecule has 2 bridgehead atoms. The molecular weight excluding hydrogens is 392 g/mol. The number of anilines is 1. The summed E-state index contributed by atoms with van der Waals surface area (Å²) in [6, 6.07) is 11.3. The number of sulfone groups is 1. The first-order chi connectivity index (χ1) is 13.8. The zero-order valence-corrected chi connectivity index (χ0v) is 17.3. The molecule has 2 aliphatic heterocycles. The molecule has 9 heteroatoms. The normalized spacial score (nSPS) is 22.8. The summed E-state index contributed by atoms with van der Waals surface area (Å²) in [7, 11) is -1.63. The van der Waals surface area contributed by atoms with Gasteiger partial charge in [0.25, 0.3) is 0 Å². The summed E-state index contributed by atoms with van der Waals surface area (Å²) in [5, 5.41) is 0.0299. The highest BCUT2D eigenvalue weighted by molar-refractivity contribution is 7.90. The topological polar surface area (TPSA) is 92.7 Å². The maximum Gasteiger partial charge on any atom is 0.409 e. The van der Waals surface area contributed by atoms with Gasteiger partial charge in [-0.1, -0.05) is 30.3 Å². The molecule has 1 amide bonds. The maximum atomic E-state index is 12.4. The van der Waals surface area contributed by atoms with E-state index in [1.807, 2.05) is 30.3 Å². The monoisotopic (exact) mass is 416 g/mol. The van der Waals surface area contributed by atoms with Crippen LogP contribution in [0, 0.1) is 5.41 Å². The van der Waals surface area contributed by atoms with E-state index in [2.05, 4.69) is 14.9 Å². The number of hydrogen-bond donors (Lipinski definition) is 0. The molecule has 1 aromatic heterocycles. The highest BCUT2D eigenvalue weighted by Crippen LogP contribution is 2.52. The molecule has 2 aromatic rings. The van der Waals surface area contributed by atoms with E-state index >= 15 is 0 Å². The molecule has 0 radical (unpaired) electrons. The van der Waals surface area contributed by atoms with Crippen LogP contribution in [-0.4, -0.2) is 61.8 Å². The quantitative estimate of drug-likeness (QED) is 0.666. The molecule has 154 valence electrons. The third-order valence-electron chi connectivity index (χ3n) is 5.63. The predicted octanol–water partition coefficient (Wildman–Crippen LogP) is 2.12. The van der Waals surface area contributed by atoms with Crippen molar-refractivity contribution in [1.82, 2.24) is 14.9 Å². The number of ether oxygens (including phenoxy) is 1. The van der Waals surface area contributed by atoms with E-state index in [1.54, 1.807) is 11.9 Å². The number of carbonyl (C=O) groups excluding carboxylic acids is 1. The molecule has 0 N–H and O–H groups in total. The van der Waals surface area contributed by atoms with Crippen LogP contribution in [0.4, 0.5) is 10.7 Å². The van der Waals surface area contributed by atoms with Gasteiger partial charge in [-0.05, 0) is 24.5 Å². The first kappa shape index (κ1) is 19.6. The summed E-state index contributed by atoms with van der Waals surface area (Å²) in [5.74, 6) is 0.437. The summed E-state index contributed by atoms with van der Waals surface area (Å²) in [5.41, 5.74) is 0.918. The molecule has 3 heterocycles. The summed E-state index contributed by atoms with van der Waals surface area (Å²) >= 11 is 0. The highest BCUT2D eigenvalue weighted by atomic mass is 32.2. The first-order valence-electron chi connectivity index (χ1n) is 9.47. The number of nitrogens with zero attached hydrogens (tertiary/aromatic N) is 4. The van der Waals surface area contributed by atoms with E-state index in [4.69, 9.17) is 4.74 Å². The van der Waals surface area contributed by atoms with Gasteiger partial charge in [0.1, 0.15) is 6.61 Å². The number of fused-ring (bicyclic) bond motifs is 1. The summed E-state index contributed by atoms with van der Waals surface area (Å²) in [6.45, 7) is 1.53. The van der Waals surface area contributed by atoms with Crippen LogP contribution in [-0.2, 0) is 21.2 Å². The van der Waals surface area contributed by atoms with Crippen LogP contribution < -0.4 is 4.90 Å². The van der Waals surface area contributed by atoms with Gasteiger partial charge in [-0.15, -0.1) is 0 Å². The molecule has 3 fully saturated rings. The molecule has 0 atom stereocenters. The van der Waals surface area contributed by atoms with Crippen LogP contribution in [0.15, 0.2) is 47.6 Å². The van der Waals surface area contributed by atoms with Gasteiger partial charge in [0.2, 0.25) is 5.95 Å². The highest BCUT2D eigenvalue weighted by Gasteiger charge is 2.56. The maximum absolute atomic E-state index is 12.4. The van der Waals surface area contributed by atoms with Crippen LogP contribution in [0.25, 0.3) is 0 Å². The van der Waals surface area contributed by atoms with Gasteiger partial charge in [0, 0.05) is 44.0 Å². The number of carbonyl (C=O) groups is 1. The van der Waals surface area contributed by atoms with Crippen molar-refractivity contribution in [3.8, 4) is 0 Å². The van der Waals surface area contributed by atoms with Crippen LogP contribution in [0.3, 0.4) is 0 Å². The molecule has 1 aromatic carbocycles. The van der Waals surface area contributed by atoms with E-state index in [9.17, 15) is 13.2 Å². The van der Waals surface area contributed by atoms with E-state index < -0.39 is 9.84 Å². The molecule has 2 saturated heterocycles. The molecule has 1 saturated carbocycles. The number of amides is 1. The second kappa shape index (κ2) is 7.29. The van der Waals surface area contributed by atoms with Crippen molar-refractivity contribution in [2.24, 2.45) is 5.41 Å². The molecule has 0 unspecified atom stereocenters. The second-order valence-corrected chi connectivity index (χ2v) is 10.0. The Kier molecular flexibility index (Phi) is 4.94. The third kappa shape index (κ3) is 4.05. The average molecular weight is 417 g/mol. The van der Waals surface area contributed by atoms with E-state index in [-0.39, 0.29) is 29.2 Å². The van der Waals surface area contributed by atoms with Gasteiger partial charge in [0.15, 0.2) is 14.9 Å². The van der Waals surface area contributed by atoms with Crippen molar-refractivity contribution in [2.75, 3.05) is 31.3 Å². The van der Waals surface area contributed by atoms with Gasteiger partial charge >= 0.3 is 6.09 Å². The van der Waals surface area contributed by atoms with Crippen molar-refractivity contribution in [3.05, 3.63) is 48.2 Å². The molecule has 5 rings (SSSR count). The molecule has 8 nitrogen and oxygen atoms in total. The van der Waals surface area contributed by atoms with Crippen LogP contribution in [0.2, 0.25) is 0 Å². The number of aromatic nitrogens is 2. The molecule has 29 heavy (non-hydrogen) atoms. The summed E-state index contributed by atoms with van der Waals surface area (Å²) in [6.07, 6.45) is 4.13. The van der Waals surface area contributed by atoms with Crippen molar-refractivity contribution >= 4 is 21.9 Å². The van der Waals surface area contributed by atoms with Crippen molar-refractivity contribution in [3.63, 3.8) is 0 Å². The Morgan fingerprint density at radius 3 is 2.69 bits per heavy atom. The summed E-state index contributed by atoms with van der Waals surface area (Å²) < 4.78 is 29.0. The van der Waals surface area contributed by atoms with Gasteiger partial charge in [-0.2, -0.15) is 0 Å². The van der Waals surface area contributed by atoms with Crippen molar-refractivity contribution in [1.29, 1.82) is 0 Å². The average Bonchev–Trinajstić information content (AvgIpc) is 3.22. The zero-order valence-electron chi connectivity index (χ0n) is 16.5. The van der Waals surface area contributed by atoms with Gasteiger partial charge < -0.3 is 14.5 Å². The summed E-state index contributed by atoms with van der Waals surface area (Å²) in [4.78, 5) is 24.5. The third-order valence-corrected chi connectivity index (χ3v) is 6.61. The Labute approximate surface area is 170 Å².